The molecule has 0 aromatic heterocycles. The van der Waals surface area contributed by atoms with Crippen molar-refractivity contribution in [2.75, 3.05) is 20.3 Å². The van der Waals surface area contributed by atoms with E-state index in [1.807, 2.05) is 13.8 Å². The number of hydrogen-bond acceptors (Lipinski definition) is 3. The SMILES string of the molecule is COc1cc(I)c(Cl)cc1C(=O)NCC(C)(C)CCO. The zero-order valence-electron chi connectivity index (χ0n) is 11.8. The molecule has 0 aliphatic carbocycles. The van der Waals surface area contributed by atoms with Crippen molar-refractivity contribution in [3.8, 4) is 5.75 Å². The van der Waals surface area contributed by atoms with Gasteiger partial charge < -0.3 is 15.2 Å². The molecule has 0 unspecified atom stereocenters. The van der Waals surface area contributed by atoms with Crippen LogP contribution >= 0.6 is 34.2 Å². The molecule has 2 N–H and O–H groups in total. The van der Waals surface area contributed by atoms with Gasteiger partial charge in [-0.05, 0) is 46.6 Å². The van der Waals surface area contributed by atoms with Crippen molar-refractivity contribution in [1.29, 1.82) is 0 Å². The summed E-state index contributed by atoms with van der Waals surface area (Å²) in [4.78, 5) is 12.2. The number of methoxy groups -OCH3 is 1. The second-order valence-corrected chi connectivity index (χ2v) is 6.86. The van der Waals surface area contributed by atoms with Gasteiger partial charge in [0.2, 0.25) is 0 Å². The van der Waals surface area contributed by atoms with E-state index in [4.69, 9.17) is 21.4 Å². The molecule has 0 radical (unpaired) electrons. The lowest BCUT2D eigenvalue weighted by Crippen LogP contribution is -2.34. The van der Waals surface area contributed by atoms with Crippen LogP contribution in [0.1, 0.15) is 30.6 Å². The number of aliphatic hydroxyl groups excluding tert-OH is 1. The van der Waals surface area contributed by atoms with Crippen molar-refractivity contribution in [2.45, 2.75) is 20.3 Å². The third kappa shape index (κ3) is 4.79. The van der Waals surface area contributed by atoms with E-state index in [1.54, 1.807) is 12.1 Å². The van der Waals surface area contributed by atoms with Gasteiger partial charge in [-0.2, -0.15) is 0 Å². The minimum Gasteiger partial charge on any atom is -0.496 e. The minimum absolute atomic E-state index is 0.0988. The molecule has 1 aromatic carbocycles. The fourth-order valence-electron chi connectivity index (χ4n) is 1.68. The van der Waals surface area contributed by atoms with E-state index in [9.17, 15) is 4.79 Å². The summed E-state index contributed by atoms with van der Waals surface area (Å²) >= 11 is 8.14. The Hall–Kier alpha value is -0.530. The van der Waals surface area contributed by atoms with E-state index in [2.05, 4.69) is 27.9 Å². The van der Waals surface area contributed by atoms with Crippen LogP contribution in [-0.4, -0.2) is 31.3 Å². The van der Waals surface area contributed by atoms with Crippen LogP contribution < -0.4 is 10.1 Å². The van der Waals surface area contributed by atoms with Gasteiger partial charge in [-0.3, -0.25) is 4.79 Å². The van der Waals surface area contributed by atoms with Crippen LogP contribution in [0.15, 0.2) is 12.1 Å². The highest BCUT2D eigenvalue weighted by Gasteiger charge is 2.20. The number of hydrogen-bond donors (Lipinski definition) is 2. The predicted octanol–water partition coefficient (Wildman–Crippen LogP) is 3.09. The van der Waals surface area contributed by atoms with Gasteiger partial charge >= 0.3 is 0 Å². The summed E-state index contributed by atoms with van der Waals surface area (Å²) in [6, 6.07) is 3.34. The maximum atomic E-state index is 12.2. The van der Waals surface area contributed by atoms with Crippen molar-refractivity contribution in [1.82, 2.24) is 5.32 Å². The fourth-order valence-corrected chi connectivity index (χ4v) is 2.28. The Labute approximate surface area is 138 Å². The highest BCUT2D eigenvalue weighted by atomic mass is 127. The molecule has 1 aromatic rings. The van der Waals surface area contributed by atoms with Gasteiger partial charge in [0.25, 0.3) is 5.91 Å². The summed E-state index contributed by atoms with van der Waals surface area (Å²) < 4.78 is 6.05. The Balaban J connectivity index is 2.85. The standard InChI is InChI=1S/C14H19ClINO3/c1-14(2,4-5-18)8-17-13(19)9-6-10(15)11(16)7-12(9)20-3/h6-7,18H,4-5,8H2,1-3H3,(H,17,19). The van der Waals surface area contributed by atoms with E-state index in [0.717, 1.165) is 3.57 Å². The number of carbonyl (C=O) groups is 1. The predicted molar refractivity (Wildman–Crippen MR) is 88.5 cm³/mol. The summed E-state index contributed by atoms with van der Waals surface area (Å²) in [6.07, 6.45) is 0.623. The summed E-state index contributed by atoms with van der Waals surface area (Å²) in [5, 5.41) is 12.4. The van der Waals surface area contributed by atoms with Gasteiger partial charge in [0.05, 0.1) is 17.7 Å². The molecule has 1 amide bonds. The average Bonchev–Trinajstić information content (AvgIpc) is 2.38. The summed E-state index contributed by atoms with van der Waals surface area (Å²) in [6.45, 7) is 4.55. The second-order valence-electron chi connectivity index (χ2n) is 5.29. The lowest BCUT2D eigenvalue weighted by molar-refractivity contribution is 0.0925. The van der Waals surface area contributed by atoms with E-state index in [-0.39, 0.29) is 17.9 Å². The molecule has 112 valence electrons. The molecule has 0 saturated heterocycles. The molecule has 0 spiro atoms. The Morgan fingerprint density at radius 2 is 2.15 bits per heavy atom. The number of carbonyl (C=O) groups excluding carboxylic acids is 1. The molecule has 0 aliphatic rings. The zero-order valence-corrected chi connectivity index (χ0v) is 14.7. The van der Waals surface area contributed by atoms with Gasteiger partial charge in [0.1, 0.15) is 5.75 Å². The molecule has 0 saturated carbocycles. The molecule has 0 aliphatic heterocycles. The second kappa shape index (κ2) is 7.47. The van der Waals surface area contributed by atoms with Gasteiger partial charge in [0.15, 0.2) is 0 Å². The molecular formula is C14H19ClINO3. The lowest BCUT2D eigenvalue weighted by Gasteiger charge is -2.24. The molecule has 1 rings (SSSR count). The largest absolute Gasteiger partial charge is 0.496 e. The number of ether oxygens (including phenoxy) is 1. The molecular weight excluding hydrogens is 393 g/mol. The molecule has 0 heterocycles. The topological polar surface area (TPSA) is 58.6 Å². The first kappa shape index (κ1) is 17.5. The molecule has 20 heavy (non-hydrogen) atoms. The Kier molecular flexibility index (Phi) is 6.54. The molecule has 0 fully saturated rings. The summed E-state index contributed by atoms with van der Waals surface area (Å²) in [7, 11) is 1.52. The zero-order chi connectivity index (χ0) is 15.3. The number of benzene rings is 1. The van der Waals surface area contributed by atoms with Gasteiger partial charge in [0, 0.05) is 16.7 Å². The number of halogens is 2. The highest BCUT2D eigenvalue weighted by molar-refractivity contribution is 14.1. The van der Waals surface area contributed by atoms with E-state index < -0.39 is 0 Å². The van der Waals surface area contributed by atoms with Crippen molar-refractivity contribution in [3.63, 3.8) is 0 Å². The Morgan fingerprint density at radius 3 is 2.70 bits per heavy atom. The van der Waals surface area contributed by atoms with Crippen LogP contribution in [0.5, 0.6) is 5.75 Å². The van der Waals surface area contributed by atoms with Crippen LogP contribution in [0.25, 0.3) is 0 Å². The van der Waals surface area contributed by atoms with Crippen molar-refractivity contribution in [3.05, 3.63) is 26.3 Å². The minimum atomic E-state index is -0.230. The molecule has 0 atom stereocenters. The highest BCUT2D eigenvalue weighted by Crippen LogP contribution is 2.28. The van der Waals surface area contributed by atoms with Crippen molar-refractivity contribution in [2.24, 2.45) is 5.41 Å². The first-order chi connectivity index (χ1) is 9.30. The summed E-state index contributed by atoms with van der Waals surface area (Å²) in [5.41, 5.74) is 0.252. The van der Waals surface area contributed by atoms with Crippen LogP contribution in [0.4, 0.5) is 0 Å². The van der Waals surface area contributed by atoms with Crippen molar-refractivity contribution >= 4 is 40.1 Å². The van der Waals surface area contributed by atoms with E-state index in [1.165, 1.54) is 7.11 Å². The number of amides is 1. The number of aliphatic hydroxyl groups is 1. The lowest BCUT2D eigenvalue weighted by atomic mass is 9.89. The van der Waals surface area contributed by atoms with Crippen LogP contribution in [0.3, 0.4) is 0 Å². The van der Waals surface area contributed by atoms with E-state index >= 15 is 0 Å². The number of nitrogens with one attached hydrogen (secondary N) is 1. The summed E-state index contributed by atoms with van der Waals surface area (Å²) in [5.74, 6) is 0.266. The normalized spacial score (nSPS) is 11.3. The van der Waals surface area contributed by atoms with Crippen LogP contribution in [0, 0.1) is 8.99 Å². The average molecular weight is 412 g/mol. The smallest absolute Gasteiger partial charge is 0.255 e. The Bertz CT molecular complexity index is 492. The Morgan fingerprint density at radius 1 is 1.50 bits per heavy atom. The number of rotatable bonds is 6. The first-order valence-corrected chi connectivity index (χ1v) is 7.68. The van der Waals surface area contributed by atoms with Gasteiger partial charge in [-0.25, -0.2) is 0 Å². The van der Waals surface area contributed by atoms with Gasteiger partial charge in [-0.1, -0.05) is 25.4 Å². The molecule has 6 heteroatoms. The fraction of sp³-hybridized carbons (Fsp3) is 0.500. The maximum Gasteiger partial charge on any atom is 0.255 e. The van der Waals surface area contributed by atoms with Crippen molar-refractivity contribution < 1.29 is 14.6 Å². The van der Waals surface area contributed by atoms with Crippen LogP contribution in [-0.2, 0) is 0 Å². The monoisotopic (exact) mass is 411 g/mol. The van der Waals surface area contributed by atoms with Gasteiger partial charge in [-0.15, -0.1) is 0 Å². The molecule has 4 nitrogen and oxygen atoms in total. The maximum absolute atomic E-state index is 12.2. The third-order valence-corrected chi connectivity index (χ3v) is 4.53. The van der Waals surface area contributed by atoms with Crippen LogP contribution in [0.2, 0.25) is 5.02 Å². The first-order valence-electron chi connectivity index (χ1n) is 6.23. The molecule has 0 bridgehead atoms. The third-order valence-electron chi connectivity index (χ3n) is 3.00. The van der Waals surface area contributed by atoms with E-state index in [0.29, 0.717) is 29.3 Å². The quantitative estimate of drug-likeness (QED) is 0.707.